The van der Waals surface area contributed by atoms with E-state index in [-0.39, 0.29) is 25.0 Å². The van der Waals surface area contributed by atoms with Crippen molar-refractivity contribution in [3.63, 3.8) is 0 Å². The number of thiophene rings is 2. The van der Waals surface area contributed by atoms with Gasteiger partial charge in [-0.2, -0.15) is 0 Å². The monoisotopic (exact) mass is 364 g/mol. The van der Waals surface area contributed by atoms with Crippen LogP contribution in [0.25, 0.3) is 0 Å². The molecule has 0 fully saturated rings. The fourth-order valence-electron chi connectivity index (χ4n) is 2.91. The zero-order chi connectivity index (χ0) is 17.1. The first kappa shape index (κ1) is 17.1. The Balaban J connectivity index is 1.92. The van der Waals surface area contributed by atoms with E-state index < -0.39 is 0 Å². The summed E-state index contributed by atoms with van der Waals surface area (Å²) in [4.78, 5) is 26.7. The molecule has 0 aliphatic heterocycles. The maximum absolute atomic E-state index is 12.5. The molecule has 5 nitrogen and oxygen atoms in total. The lowest BCUT2D eigenvalue weighted by Gasteiger charge is -2.18. The van der Waals surface area contributed by atoms with Gasteiger partial charge < -0.3 is 15.7 Å². The molecular weight excluding hydrogens is 344 g/mol. The Kier molecular flexibility index (Phi) is 5.33. The number of hydrogen-bond donors (Lipinski definition) is 3. The molecule has 1 aliphatic carbocycles. The molecule has 2 amide bonds. The third-order valence-corrected chi connectivity index (χ3v) is 6.15. The topological polar surface area (TPSA) is 78.4 Å². The number of fused-ring (bicyclic) bond motifs is 1. The van der Waals surface area contributed by atoms with Crippen LogP contribution in [0.2, 0.25) is 0 Å². The number of carbonyl (C=O) groups is 2. The molecule has 0 spiro atoms. The highest BCUT2D eigenvalue weighted by Crippen LogP contribution is 2.39. The summed E-state index contributed by atoms with van der Waals surface area (Å²) in [6, 6.07) is 3.59. The molecule has 3 N–H and O–H groups in total. The molecule has 0 saturated heterocycles. The van der Waals surface area contributed by atoms with Crippen molar-refractivity contribution in [1.29, 1.82) is 0 Å². The quantitative estimate of drug-likeness (QED) is 0.763. The average molecular weight is 364 g/mol. The first-order valence-electron chi connectivity index (χ1n) is 7.98. The van der Waals surface area contributed by atoms with E-state index >= 15 is 0 Å². The van der Waals surface area contributed by atoms with E-state index in [4.69, 9.17) is 5.11 Å². The van der Waals surface area contributed by atoms with Crippen LogP contribution in [-0.2, 0) is 12.8 Å². The summed E-state index contributed by atoms with van der Waals surface area (Å²) in [7, 11) is 0. The van der Waals surface area contributed by atoms with E-state index in [1.54, 1.807) is 6.07 Å². The Labute approximate surface area is 148 Å². The second-order valence-electron chi connectivity index (χ2n) is 5.97. The molecule has 128 valence electrons. The highest BCUT2D eigenvalue weighted by molar-refractivity contribution is 7.17. The number of hydrogen-bond acceptors (Lipinski definition) is 5. The third kappa shape index (κ3) is 3.53. The van der Waals surface area contributed by atoms with Crippen LogP contribution in [0, 0.1) is 5.92 Å². The standard InChI is InChI=1S/C17H20N2O3S2/c1-10-4-5-11-13(9-10)24-17(14(11)16(22)18-6-7-20)19-15(21)12-3-2-8-23-12/h2-3,8,10,20H,4-7,9H2,1H3,(H,18,22)(H,19,21)/t10-/m0/s1. The predicted octanol–water partition coefficient (Wildman–Crippen LogP) is 2.91. The van der Waals surface area contributed by atoms with Gasteiger partial charge in [-0.1, -0.05) is 13.0 Å². The molecule has 0 saturated carbocycles. The van der Waals surface area contributed by atoms with E-state index in [1.165, 1.54) is 27.6 Å². The molecule has 2 aromatic rings. The molecule has 0 aromatic carbocycles. The second-order valence-corrected chi connectivity index (χ2v) is 8.02. The Morgan fingerprint density at radius 1 is 1.38 bits per heavy atom. The minimum Gasteiger partial charge on any atom is -0.395 e. The zero-order valence-electron chi connectivity index (χ0n) is 13.4. The van der Waals surface area contributed by atoms with Gasteiger partial charge in [0.2, 0.25) is 0 Å². The molecule has 24 heavy (non-hydrogen) atoms. The highest BCUT2D eigenvalue weighted by atomic mass is 32.1. The van der Waals surface area contributed by atoms with Gasteiger partial charge >= 0.3 is 0 Å². The van der Waals surface area contributed by atoms with Gasteiger partial charge in [0.1, 0.15) is 5.00 Å². The average Bonchev–Trinajstić information content (AvgIpc) is 3.19. The molecule has 0 radical (unpaired) electrons. The van der Waals surface area contributed by atoms with E-state index in [9.17, 15) is 9.59 Å². The molecular formula is C17H20N2O3S2. The first-order valence-corrected chi connectivity index (χ1v) is 9.68. The van der Waals surface area contributed by atoms with Crippen LogP contribution in [0.4, 0.5) is 5.00 Å². The second kappa shape index (κ2) is 7.46. The first-order chi connectivity index (χ1) is 11.6. The normalized spacial score (nSPS) is 16.5. The summed E-state index contributed by atoms with van der Waals surface area (Å²) < 4.78 is 0. The van der Waals surface area contributed by atoms with E-state index in [2.05, 4.69) is 17.6 Å². The van der Waals surface area contributed by atoms with E-state index in [0.29, 0.717) is 21.4 Å². The number of aliphatic hydroxyl groups excluding tert-OH is 1. The van der Waals surface area contributed by atoms with Crippen molar-refractivity contribution in [2.75, 3.05) is 18.5 Å². The molecule has 0 unspecified atom stereocenters. The summed E-state index contributed by atoms with van der Waals surface area (Å²) in [5, 5.41) is 17.0. The third-order valence-electron chi connectivity index (χ3n) is 4.11. The fourth-order valence-corrected chi connectivity index (χ4v) is 4.93. The number of amides is 2. The van der Waals surface area contributed by atoms with Crippen LogP contribution in [-0.4, -0.2) is 30.1 Å². The smallest absolute Gasteiger partial charge is 0.266 e. The van der Waals surface area contributed by atoms with Gasteiger partial charge in [-0.3, -0.25) is 9.59 Å². The van der Waals surface area contributed by atoms with Gasteiger partial charge in [0, 0.05) is 11.4 Å². The van der Waals surface area contributed by atoms with Gasteiger partial charge in [-0.15, -0.1) is 22.7 Å². The van der Waals surface area contributed by atoms with E-state index in [1.807, 2.05) is 11.4 Å². The Hall–Kier alpha value is -1.70. The Morgan fingerprint density at radius 2 is 2.21 bits per heavy atom. The lowest BCUT2D eigenvalue weighted by molar-refractivity contribution is 0.0944. The van der Waals surface area contributed by atoms with Crippen molar-refractivity contribution in [2.45, 2.75) is 26.2 Å². The van der Waals surface area contributed by atoms with Crippen molar-refractivity contribution in [1.82, 2.24) is 5.32 Å². The fraction of sp³-hybridized carbons (Fsp3) is 0.412. The van der Waals surface area contributed by atoms with Crippen molar-refractivity contribution < 1.29 is 14.7 Å². The lowest BCUT2D eigenvalue weighted by Crippen LogP contribution is -2.28. The number of nitrogens with one attached hydrogen (secondary N) is 2. The molecule has 7 heteroatoms. The number of carbonyl (C=O) groups excluding carboxylic acids is 2. The summed E-state index contributed by atoms with van der Waals surface area (Å²) in [6.45, 7) is 2.31. The minimum absolute atomic E-state index is 0.105. The molecule has 1 aliphatic rings. The van der Waals surface area contributed by atoms with Gasteiger partial charge in [-0.25, -0.2) is 0 Å². The molecule has 0 bridgehead atoms. The summed E-state index contributed by atoms with van der Waals surface area (Å²) in [6.07, 6.45) is 2.83. The van der Waals surface area contributed by atoms with Crippen molar-refractivity contribution in [3.05, 3.63) is 38.4 Å². The molecule has 2 aromatic heterocycles. The van der Waals surface area contributed by atoms with Gasteiger partial charge in [0.05, 0.1) is 17.0 Å². The lowest BCUT2D eigenvalue weighted by atomic mass is 9.88. The van der Waals surface area contributed by atoms with Crippen LogP contribution in [0.3, 0.4) is 0 Å². The largest absolute Gasteiger partial charge is 0.395 e. The summed E-state index contributed by atoms with van der Waals surface area (Å²) in [5.41, 5.74) is 1.62. The van der Waals surface area contributed by atoms with Gasteiger partial charge in [0.15, 0.2) is 0 Å². The summed E-state index contributed by atoms with van der Waals surface area (Å²) >= 11 is 2.88. The number of aliphatic hydroxyl groups is 1. The van der Waals surface area contributed by atoms with Crippen molar-refractivity contribution >= 4 is 39.5 Å². The highest BCUT2D eigenvalue weighted by Gasteiger charge is 2.28. The van der Waals surface area contributed by atoms with Crippen molar-refractivity contribution in [2.24, 2.45) is 5.92 Å². The molecule has 2 heterocycles. The maximum Gasteiger partial charge on any atom is 0.266 e. The van der Waals surface area contributed by atoms with Gasteiger partial charge in [0.25, 0.3) is 11.8 Å². The number of anilines is 1. The number of rotatable bonds is 5. The van der Waals surface area contributed by atoms with Crippen molar-refractivity contribution in [3.8, 4) is 0 Å². The van der Waals surface area contributed by atoms with Crippen LogP contribution >= 0.6 is 22.7 Å². The maximum atomic E-state index is 12.5. The Morgan fingerprint density at radius 3 is 2.92 bits per heavy atom. The van der Waals surface area contributed by atoms with Crippen LogP contribution in [0.1, 0.15) is 43.8 Å². The van der Waals surface area contributed by atoms with Gasteiger partial charge in [-0.05, 0) is 42.2 Å². The van der Waals surface area contributed by atoms with E-state index in [0.717, 1.165) is 24.8 Å². The minimum atomic E-state index is -0.224. The van der Waals surface area contributed by atoms with Crippen LogP contribution < -0.4 is 10.6 Å². The Bertz CT molecular complexity index is 737. The SMILES string of the molecule is C[C@H]1CCc2c(sc(NC(=O)c3cccs3)c2C(=O)NCCO)C1. The summed E-state index contributed by atoms with van der Waals surface area (Å²) in [5.74, 6) is 0.177. The van der Waals surface area contributed by atoms with Crippen LogP contribution in [0.15, 0.2) is 17.5 Å². The van der Waals surface area contributed by atoms with Crippen LogP contribution in [0.5, 0.6) is 0 Å². The molecule has 3 rings (SSSR count). The molecule has 1 atom stereocenters. The zero-order valence-corrected chi connectivity index (χ0v) is 15.1. The predicted molar refractivity (Wildman–Crippen MR) is 97.2 cm³/mol.